The van der Waals surface area contributed by atoms with Crippen LogP contribution in [-0.4, -0.2) is 93.9 Å². The average Bonchev–Trinajstić information content (AvgIpc) is 3.41. The van der Waals surface area contributed by atoms with Crippen LogP contribution in [0.25, 0.3) is 11.1 Å². The van der Waals surface area contributed by atoms with Gasteiger partial charge in [-0.15, -0.1) is 0 Å². The van der Waals surface area contributed by atoms with Gasteiger partial charge in [-0.25, -0.2) is 31.5 Å². The number of nitrogens with zero attached hydrogens (tertiary/aromatic N) is 3. The summed E-state index contributed by atoms with van der Waals surface area (Å²) in [5, 5.41) is 13.8. The van der Waals surface area contributed by atoms with Gasteiger partial charge >= 0.3 is 0 Å². The Hall–Kier alpha value is -2.98. The first kappa shape index (κ1) is 30.5. The minimum absolute atomic E-state index is 0.0108. The molecule has 2 aliphatic heterocycles. The van der Waals surface area contributed by atoms with Gasteiger partial charge in [0.2, 0.25) is 20.0 Å². The molecule has 0 aliphatic carbocycles. The predicted octanol–water partition coefficient (Wildman–Crippen LogP) is 1.39. The topological polar surface area (TPSA) is 160 Å². The number of nitrogens with one attached hydrogen (secondary N) is 2. The highest BCUT2D eigenvalue weighted by Gasteiger charge is 2.44. The Morgan fingerprint density at radius 3 is 2.50 bits per heavy atom. The number of benzene rings is 2. The molecule has 2 unspecified atom stereocenters. The van der Waals surface area contributed by atoms with Crippen molar-refractivity contribution in [3.63, 3.8) is 0 Å². The zero-order valence-electron chi connectivity index (χ0n) is 23.2. The van der Waals surface area contributed by atoms with Gasteiger partial charge in [0.1, 0.15) is 24.8 Å². The number of sulfonamides is 2. The van der Waals surface area contributed by atoms with Crippen molar-refractivity contribution in [1.82, 2.24) is 24.3 Å². The summed E-state index contributed by atoms with van der Waals surface area (Å²) in [6.07, 6.45) is 5.77. The molecule has 12 nitrogen and oxygen atoms in total. The van der Waals surface area contributed by atoms with Gasteiger partial charge < -0.3 is 19.9 Å². The van der Waals surface area contributed by atoms with E-state index < -0.39 is 31.8 Å². The van der Waals surface area contributed by atoms with Crippen LogP contribution in [0.5, 0.6) is 5.75 Å². The third kappa shape index (κ3) is 6.97. The maximum atomic E-state index is 13.4. The van der Waals surface area contributed by atoms with Gasteiger partial charge in [0, 0.05) is 49.7 Å². The van der Waals surface area contributed by atoms with Gasteiger partial charge in [0.25, 0.3) is 0 Å². The number of piperidine rings is 1. The zero-order valence-corrected chi connectivity index (χ0v) is 24.9. The summed E-state index contributed by atoms with van der Waals surface area (Å²) in [6.45, 7) is 1.42. The molecule has 0 radical (unpaired) electrons. The molecule has 2 saturated heterocycles. The number of aliphatic hydroxyl groups excluding tert-OH is 1. The van der Waals surface area contributed by atoms with E-state index in [2.05, 4.69) is 20.0 Å². The van der Waals surface area contributed by atoms with Crippen LogP contribution in [0.1, 0.15) is 19.3 Å². The number of aliphatic hydroxyl groups is 1. The van der Waals surface area contributed by atoms with E-state index in [-0.39, 0.29) is 29.0 Å². The molecule has 14 heteroatoms. The van der Waals surface area contributed by atoms with E-state index in [0.717, 1.165) is 11.1 Å². The fraction of sp³-hybridized carbons (Fsp3) is 0.429. The molecule has 0 bridgehead atoms. The Morgan fingerprint density at radius 2 is 1.76 bits per heavy atom. The van der Waals surface area contributed by atoms with Crippen molar-refractivity contribution in [2.24, 2.45) is 0 Å². The van der Waals surface area contributed by atoms with Crippen LogP contribution < -0.4 is 14.8 Å². The molecule has 1 aromatic heterocycles. The van der Waals surface area contributed by atoms with Crippen molar-refractivity contribution in [2.45, 2.75) is 46.8 Å². The number of ether oxygens (including phenoxy) is 2. The zero-order chi connectivity index (χ0) is 29.8. The summed E-state index contributed by atoms with van der Waals surface area (Å²) >= 11 is 0. The van der Waals surface area contributed by atoms with Gasteiger partial charge in [0.15, 0.2) is 0 Å². The van der Waals surface area contributed by atoms with Crippen molar-refractivity contribution in [3.05, 3.63) is 67.3 Å². The molecular formula is C28H35N5O7S2. The quantitative estimate of drug-likeness (QED) is 0.287. The maximum Gasteiger partial charge on any atom is 0.243 e. The Bertz CT molecular complexity index is 1580. The van der Waals surface area contributed by atoms with Gasteiger partial charge in [-0.05, 0) is 56.1 Å². The van der Waals surface area contributed by atoms with Crippen LogP contribution in [-0.2, 0) is 24.8 Å². The predicted molar refractivity (Wildman–Crippen MR) is 155 cm³/mol. The summed E-state index contributed by atoms with van der Waals surface area (Å²) < 4.78 is 66.4. The average molecular weight is 618 g/mol. The van der Waals surface area contributed by atoms with Crippen molar-refractivity contribution < 1.29 is 31.4 Å². The monoisotopic (exact) mass is 617 g/mol. The minimum Gasteiger partial charge on any atom is -0.491 e. The molecule has 1 spiro atoms. The van der Waals surface area contributed by atoms with E-state index in [0.29, 0.717) is 44.7 Å². The first-order valence-electron chi connectivity index (χ1n) is 13.7. The van der Waals surface area contributed by atoms with Gasteiger partial charge in [-0.1, -0.05) is 18.2 Å². The maximum absolute atomic E-state index is 13.4. The lowest BCUT2D eigenvalue weighted by Gasteiger charge is -2.38. The lowest BCUT2D eigenvalue weighted by atomic mass is 9.88. The molecule has 3 aromatic rings. The van der Waals surface area contributed by atoms with Gasteiger partial charge in [-0.2, -0.15) is 4.31 Å². The lowest BCUT2D eigenvalue weighted by Crippen LogP contribution is -2.47. The Labute approximate surface area is 246 Å². The molecule has 2 aliphatic rings. The fourth-order valence-electron chi connectivity index (χ4n) is 5.29. The van der Waals surface area contributed by atoms with Crippen LogP contribution in [0.2, 0.25) is 0 Å². The summed E-state index contributed by atoms with van der Waals surface area (Å²) in [6, 6.07) is 12.9. The number of hydrogen-bond acceptors (Lipinski definition) is 10. The number of aromatic nitrogens is 2. The molecule has 3 heterocycles. The van der Waals surface area contributed by atoms with E-state index in [1.54, 1.807) is 42.7 Å². The van der Waals surface area contributed by atoms with Crippen molar-refractivity contribution in [1.29, 1.82) is 0 Å². The van der Waals surface area contributed by atoms with E-state index >= 15 is 0 Å². The van der Waals surface area contributed by atoms with Gasteiger partial charge in [-0.3, -0.25) is 0 Å². The van der Waals surface area contributed by atoms with Gasteiger partial charge in [0.05, 0.1) is 22.0 Å². The number of hydrogen-bond donors (Lipinski definition) is 3. The van der Waals surface area contributed by atoms with Crippen LogP contribution in [0.4, 0.5) is 0 Å². The second-order valence-corrected chi connectivity index (χ2v) is 14.3. The second kappa shape index (κ2) is 12.7. The highest BCUT2D eigenvalue weighted by atomic mass is 32.2. The standard InChI is InChI=1S/C28H35N5O7S2/c1-29-41(35,36)26-6-3-5-25(13-26)39-19-24(34)17-32-23-14-28(40-18-23)8-10-33(11-9-28)42(37,38)27-7-2-4-21(12-27)22-15-30-20-31-16-22/h2-7,12-13,15-16,20,23-24,29,32,34H,8-11,14,17-19H2,1H3. The normalized spacial score (nSPS) is 20.0. The van der Waals surface area contributed by atoms with Crippen LogP contribution in [0, 0.1) is 0 Å². The van der Waals surface area contributed by atoms with Crippen LogP contribution in [0.3, 0.4) is 0 Å². The first-order chi connectivity index (χ1) is 20.1. The molecule has 226 valence electrons. The molecule has 2 fully saturated rings. The fourth-order valence-corrected chi connectivity index (χ4v) is 7.55. The Kier molecular flexibility index (Phi) is 9.23. The first-order valence-corrected chi connectivity index (χ1v) is 16.6. The van der Waals surface area contributed by atoms with E-state index in [9.17, 15) is 21.9 Å². The molecule has 3 N–H and O–H groups in total. The Morgan fingerprint density at radius 1 is 1.05 bits per heavy atom. The molecule has 5 rings (SSSR count). The highest BCUT2D eigenvalue weighted by Crippen LogP contribution is 2.37. The third-order valence-corrected chi connectivity index (χ3v) is 11.0. The summed E-state index contributed by atoms with van der Waals surface area (Å²) in [7, 11) is -5.93. The van der Waals surface area contributed by atoms with Crippen molar-refractivity contribution in [2.75, 3.05) is 39.9 Å². The van der Waals surface area contributed by atoms with Crippen molar-refractivity contribution in [3.8, 4) is 16.9 Å². The summed E-state index contributed by atoms with van der Waals surface area (Å²) in [5.41, 5.74) is 1.07. The molecule has 42 heavy (non-hydrogen) atoms. The highest BCUT2D eigenvalue weighted by molar-refractivity contribution is 7.89. The van der Waals surface area contributed by atoms with E-state index in [1.165, 1.54) is 29.8 Å². The minimum atomic E-state index is -3.68. The summed E-state index contributed by atoms with van der Waals surface area (Å²) in [5.74, 6) is 0.344. The lowest BCUT2D eigenvalue weighted by molar-refractivity contribution is -0.0312. The Balaban J connectivity index is 1.10. The molecular weight excluding hydrogens is 582 g/mol. The van der Waals surface area contributed by atoms with Crippen LogP contribution >= 0.6 is 0 Å². The smallest absolute Gasteiger partial charge is 0.243 e. The third-order valence-electron chi connectivity index (χ3n) is 7.68. The van der Waals surface area contributed by atoms with E-state index in [4.69, 9.17) is 9.47 Å². The van der Waals surface area contributed by atoms with Crippen molar-refractivity contribution >= 4 is 20.0 Å². The molecule has 0 saturated carbocycles. The second-order valence-electron chi connectivity index (χ2n) is 10.5. The van der Waals surface area contributed by atoms with E-state index in [1.807, 2.05) is 6.07 Å². The molecule has 0 amide bonds. The van der Waals surface area contributed by atoms with Crippen LogP contribution in [0.15, 0.2) is 77.0 Å². The summed E-state index contributed by atoms with van der Waals surface area (Å²) in [4.78, 5) is 8.35. The number of rotatable bonds is 11. The SMILES string of the molecule is CNS(=O)(=O)c1cccc(OCC(O)CNC2COC3(CCN(S(=O)(=O)c4cccc(-c5cncnc5)c4)CC3)C2)c1. The molecule has 2 atom stereocenters. The largest absolute Gasteiger partial charge is 0.491 e. The molecule has 2 aromatic carbocycles.